The summed E-state index contributed by atoms with van der Waals surface area (Å²) in [5, 5.41) is 2.75. The van der Waals surface area contributed by atoms with Gasteiger partial charge in [0.1, 0.15) is 0 Å². The van der Waals surface area contributed by atoms with Crippen molar-refractivity contribution in [2.75, 3.05) is 26.2 Å². The molecule has 2 rings (SSSR count). The summed E-state index contributed by atoms with van der Waals surface area (Å²) in [6.45, 7) is 1.64. The molecule has 3 N–H and O–H groups in total. The van der Waals surface area contributed by atoms with Gasteiger partial charge in [0.15, 0.2) is 0 Å². The van der Waals surface area contributed by atoms with Crippen molar-refractivity contribution in [3.8, 4) is 11.8 Å². The third kappa shape index (κ3) is 3.59. The minimum Gasteiger partial charge on any atom is -0.354 e. The predicted molar refractivity (Wildman–Crippen MR) is 75.9 cm³/mol. The van der Waals surface area contributed by atoms with Gasteiger partial charge >= 0.3 is 0 Å². The third-order valence-electron chi connectivity index (χ3n) is 3.02. The van der Waals surface area contributed by atoms with Crippen LogP contribution in [0.2, 0.25) is 0 Å². The zero-order valence-electron chi connectivity index (χ0n) is 11.2. The zero-order valence-corrected chi connectivity index (χ0v) is 11.2. The molecule has 5 nitrogen and oxygen atoms in total. The molecular weight excluding hydrogens is 254 g/mol. The van der Waals surface area contributed by atoms with Crippen molar-refractivity contribution < 1.29 is 9.59 Å². The van der Waals surface area contributed by atoms with E-state index in [1.807, 2.05) is 0 Å². The highest BCUT2D eigenvalue weighted by molar-refractivity contribution is 5.96. The molecule has 1 aromatic rings. The number of hydrogen-bond acceptors (Lipinski definition) is 3. The lowest BCUT2D eigenvalue weighted by Gasteiger charge is -2.18. The van der Waals surface area contributed by atoms with Crippen LogP contribution in [0.3, 0.4) is 0 Å². The van der Waals surface area contributed by atoms with Crippen LogP contribution >= 0.6 is 0 Å². The zero-order chi connectivity index (χ0) is 14.4. The normalized spacial score (nSPS) is 14.8. The van der Waals surface area contributed by atoms with Crippen molar-refractivity contribution in [3.63, 3.8) is 0 Å². The fraction of sp³-hybridized carbons (Fsp3) is 0.333. The Kier molecular flexibility index (Phi) is 4.75. The van der Waals surface area contributed by atoms with Crippen molar-refractivity contribution in [1.29, 1.82) is 0 Å². The largest absolute Gasteiger partial charge is 0.354 e. The molecule has 5 heteroatoms. The highest BCUT2D eigenvalue weighted by Gasteiger charge is 2.20. The second kappa shape index (κ2) is 6.73. The van der Waals surface area contributed by atoms with Gasteiger partial charge in [0, 0.05) is 24.2 Å². The van der Waals surface area contributed by atoms with Gasteiger partial charge in [-0.3, -0.25) is 9.59 Å². The number of carbonyl (C=O) groups excluding carboxylic acids is 2. The molecule has 0 aromatic heterocycles. The monoisotopic (exact) mass is 271 g/mol. The van der Waals surface area contributed by atoms with Crippen molar-refractivity contribution in [3.05, 3.63) is 35.4 Å². The summed E-state index contributed by atoms with van der Waals surface area (Å²) in [5.74, 6) is 5.43. The van der Waals surface area contributed by atoms with Gasteiger partial charge in [-0.15, -0.1) is 0 Å². The van der Waals surface area contributed by atoms with E-state index in [0.29, 0.717) is 25.2 Å². The number of benzene rings is 1. The van der Waals surface area contributed by atoms with Crippen molar-refractivity contribution >= 4 is 11.8 Å². The maximum absolute atomic E-state index is 12.3. The summed E-state index contributed by atoms with van der Waals surface area (Å²) in [6, 6.07) is 7.03. The minimum atomic E-state index is -0.125. The molecule has 104 valence electrons. The summed E-state index contributed by atoms with van der Waals surface area (Å²) in [6.07, 6.45) is 0.775. The molecule has 2 amide bonds. The van der Waals surface area contributed by atoms with Crippen LogP contribution in [0.1, 0.15) is 22.3 Å². The van der Waals surface area contributed by atoms with E-state index in [0.717, 1.165) is 12.0 Å². The van der Waals surface area contributed by atoms with E-state index in [1.165, 1.54) is 0 Å². The van der Waals surface area contributed by atoms with Crippen LogP contribution in [-0.2, 0) is 4.79 Å². The Labute approximate surface area is 118 Å². The highest BCUT2D eigenvalue weighted by atomic mass is 16.2. The summed E-state index contributed by atoms with van der Waals surface area (Å²) < 4.78 is 0. The van der Waals surface area contributed by atoms with E-state index in [2.05, 4.69) is 17.2 Å². The van der Waals surface area contributed by atoms with Crippen molar-refractivity contribution in [1.82, 2.24) is 10.2 Å². The smallest absolute Gasteiger partial charge is 0.254 e. The van der Waals surface area contributed by atoms with Crippen LogP contribution in [0.4, 0.5) is 0 Å². The fourth-order valence-electron chi connectivity index (χ4n) is 2.01. The molecular formula is C15H17N3O2. The molecule has 0 radical (unpaired) electrons. The van der Waals surface area contributed by atoms with Crippen LogP contribution in [-0.4, -0.2) is 42.9 Å². The molecule has 1 saturated heterocycles. The number of amides is 2. The van der Waals surface area contributed by atoms with E-state index in [-0.39, 0.29) is 18.4 Å². The predicted octanol–water partition coefficient (Wildman–Crippen LogP) is -0.0411. The lowest BCUT2D eigenvalue weighted by Crippen LogP contribution is -2.37. The first kappa shape index (κ1) is 14.1. The molecule has 0 unspecified atom stereocenters. The Morgan fingerprint density at radius 1 is 1.35 bits per heavy atom. The maximum atomic E-state index is 12.3. The van der Waals surface area contributed by atoms with E-state index in [9.17, 15) is 9.59 Å². The van der Waals surface area contributed by atoms with E-state index >= 15 is 0 Å². The SMILES string of the molecule is NCC#Cc1ccc(C(=O)N2CCCNC(=O)C2)cc1. The first-order chi connectivity index (χ1) is 9.70. The summed E-state index contributed by atoms with van der Waals surface area (Å²) in [7, 11) is 0. The van der Waals surface area contributed by atoms with Crippen LogP contribution in [0.15, 0.2) is 24.3 Å². The van der Waals surface area contributed by atoms with Crippen LogP contribution in [0, 0.1) is 11.8 Å². The Bertz CT molecular complexity index is 555. The average molecular weight is 271 g/mol. The van der Waals surface area contributed by atoms with Crippen LogP contribution in [0.25, 0.3) is 0 Å². The Hall–Kier alpha value is -2.32. The molecule has 1 fully saturated rings. The summed E-state index contributed by atoms with van der Waals surface area (Å²) in [4.78, 5) is 25.4. The Morgan fingerprint density at radius 3 is 2.80 bits per heavy atom. The number of rotatable bonds is 1. The lowest BCUT2D eigenvalue weighted by atomic mass is 10.1. The van der Waals surface area contributed by atoms with Crippen molar-refractivity contribution in [2.45, 2.75) is 6.42 Å². The second-order valence-electron chi connectivity index (χ2n) is 4.51. The van der Waals surface area contributed by atoms with Gasteiger partial charge < -0.3 is 16.0 Å². The number of nitrogens with two attached hydrogens (primary N) is 1. The Balaban J connectivity index is 2.10. The van der Waals surface area contributed by atoms with Gasteiger partial charge in [-0.05, 0) is 30.7 Å². The minimum absolute atomic E-state index is 0.110. The summed E-state index contributed by atoms with van der Waals surface area (Å²) >= 11 is 0. The van der Waals surface area contributed by atoms with Gasteiger partial charge in [0.25, 0.3) is 5.91 Å². The molecule has 1 aromatic carbocycles. The first-order valence-electron chi connectivity index (χ1n) is 6.55. The van der Waals surface area contributed by atoms with Gasteiger partial charge in [-0.1, -0.05) is 11.8 Å². The molecule has 1 aliphatic heterocycles. The van der Waals surface area contributed by atoms with Crippen LogP contribution in [0.5, 0.6) is 0 Å². The number of carbonyl (C=O) groups is 2. The topological polar surface area (TPSA) is 75.4 Å². The molecule has 1 heterocycles. The van der Waals surface area contributed by atoms with Gasteiger partial charge in [0.05, 0.1) is 13.1 Å². The molecule has 1 aliphatic rings. The second-order valence-corrected chi connectivity index (χ2v) is 4.51. The van der Waals surface area contributed by atoms with Gasteiger partial charge in [0.2, 0.25) is 5.91 Å². The average Bonchev–Trinajstić information content (AvgIpc) is 2.69. The fourth-order valence-corrected chi connectivity index (χ4v) is 2.01. The highest BCUT2D eigenvalue weighted by Crippen LogP contribution is 2.09. The number of nitrogens with one attached hydrogen (secondary N) is 1. The van der Waals surface area contributed by atoms with E-state index < -0.39 is 0 Å². The first-order valence-corrected chi connectivity index (χ1v) is 6.55. The van der Waals surface area contributed by atoms with Gasteiger partial charge in [-0.25, -0.2) is 0 Å². The molecule has 0 bridgehead atoms. The van der Waals surface area contributed by atoms with E-state index in [1.54, 1.807) is 29.2 Å². The molecule has 0 spiro atoms. The molecule has 0 atom stereocenters. The number of nitrogens with zero attached hydrogens (tertiary/aromatic N) is 1. The molecule has 0 aliphatic carbocycles. The molecule has 0 saturated carbocycles. The maximum Gasteiger partial charge on any atom is 0.254 e. The molecule has 20 heavy (non-hydrogen) atoms. The standard InChI is InChI=1S/C15H17N3O2/c16-8-1-3-12-4-6-13(7-5-12)15(20)18-10-2-9-17-14(19)11-18/h4-7H,2,8-11,16H2,(H,17,19). The van der Waals surface area contributed by atoms with Gasteiger partial charge in [-0.2, -0.15) is 0 Å². The van der Waals surface area contributed by atoms with E-state index in [4.69, 9.17) is 5.73 Å². The number of hydrogen-bond donors (Lipinski definition) is 2. The quantitative estimate of drug-likeness (QED) is 0.704. The summed E-state index contributed by atoms with van der Waals surface area (Å²) in [5.41, 5.74) is 6.70. The van der Waals surface area contributed by atoms with Crippen LogP contribution < -0.4 is 11.1 Å². The lowest BCUT2D eigenvalue weighted by molar-refractivity contribution is -0.121. The third-order valence-corrected chi connectivity index (χ3v) is 3.02. The van der Waals surface area contributed by atoms with Crippen molar-refractivity contribution in [2.24, 2.45) is 5.73 Å². The Morgan fingerprint density at radius 2 is 2.10 bits per heavy atom.